The lowest BCUT2D eigenvalue weighted by atomic mass is 9.95. The van der Waals surface area contributed by atoms with Gasteiger partial charge in [-0.3, -0.25) is 4.79 Å². The topological polar surface area (TPSA) is 70.2 Å². The number of carbonyl (C=O) groups excluding carboxylic acids is 1. The van der Waals surface area contributed by atoms with Crippen LogP contribution in [-0.4, -0.2) is 29.0 Å². The second-order valence-corrected chi connectivity index (χ2v) is 8.45. The van der Waals surface area contributed by atoms with Gasteiger partial charge in [-0.25, -0.2) is 9.97 Å². The molecule has 6 heteroatoms. The molecule has 5 rings (SSSR count). The van der Waals surface area contributed by atoms with Crippen molar-refractivity contribution in [2.24, 2.45) is 5.92 Å². The summed E-state index contributed by atoms with van der Waals surface area (Å²) in [4.78, 5) is 24.0. The number of nitrogens with zero attached hydrogens (tertiary/aromatic N) is 3. The highest BCUT2D eigenvalue weighted by Crippen LogP contribution is 2.26. The van der Waals surface area contributed by atoms with Crippen LogP contribution in [-0.2, 0) is 4.79 Å². The summed E-state index contributed by atoms with van der Waals surface area (Å²) >= 11 is 0. The van der Waals surface area contributed by atoms with E-state index in [1.807, 2.05) is 91.0 Å². The van der Waals surface area contributed by atoms with Gasteiger partial charge in [0.15, 0.2) is 0 Å². The van der Waals surface area contributed by atoms with Crippen molar-refractivity contribution in [3.05, 3.63) is 97.3 Å². The van der Waals surface area contributed by atoms with E-state index in [-0.39, 0.29) is 11.8 Å². The monoisotopic (exact) mass is 449 g/mol. The molecule has 3 aromatic carbocycles. The average molecular weight is 450 g/mol. The second-order valence-electron chi connectivity index (χ2n) is 8.45. The Kier molecular flexibility index (Phi) is 6.47. The van der Waals surface area contributed by atoms with E-state index in [4.69, 9.17) is 0 Å². The Morgan fingerprint density at radius 1 is 0.765 bits per heavy atom. The predicted octanol–water partition coefficient (Wildman–Crippen LogP) is 5.74. The van der Waals surface area contributed by atoms with Gasteiger partial charge in [0.25, 0.3) is 0 Å². The Hall–Kier alpha value is -4.19. The number of nitrogens with one attached hydrogen (secondary N) is 2. The van der Waals surface area contributed by atoms with E-state index >= 15 is 0 Å². The molecule has 1 fully saturated rings. The largest absolute Gasteiger partial charge is 0.356 e. The lowest BCUT2D eigenvalue weighted by Gasteiger charge is -2.32. The first-order valence-corrected chi connectivity index (χ1v) is 11.6. The average Bonchev–Trinajstić information content (AvgIpc) is 2.91. The van der Waals surface area contributed by atoms with Crippen molar-refractivity contribution >= 4 is 28.8 Å². The quantitative estimate of drug-likeness (QED) is 0.393. The van der Waals surface area contributed by atoms with Crippen LogP contribution in [0.25, 0.3) is 11.3 Å². The summed E-state index contributed by atoms with van der Waals surface area (Å²) in [6, 6.07) is 30.0. The number of piperidine rings is 1. The predicted molar refractivity (Wildman–Crippen MR) is 137 cm³/mol. The Bertz CT molecular complexity index is 1220. The second kappa shape index (κ2) is 10.2. The summed E-state index contributed by atoms with van der Waals surface area (Å²) < 4.78 is 0. The van der Waals surface area contributed by atoms with Crippen LogP contribution in [0.2, 0.25) is 0 Å². The first kappa shape index (κ1) is 21.6. The molecule has 6 nitrogen and oxygen atoms in total. The van der Waals surface area contributed by atoms with Gasteiger partial charge in [-0.05, 0) is 49.2 Å². The van der Waals surface area contributed by atoms with E-state index < -0.39 is 0 Å². The van der Waals surface area contributed by atoms with E-state index in [2.05, 4.69) is 25.5 Å². The van der Waals surface area contributed by atoms with Gasteiger partial charge in [-0.1, -0.05) is 48.5 Å². The molecular weight excluding hydrogens is 422 g/mol. The van der Waals surface area contributed by atoms with Crippen LogP contribution in [0, 0.1) is 5.92 Å². The van der Waals surface area contributed by atoms with Crippen molar-refractivity contribution in [1.29, 1.82) is 0 Å². The lowest BCUT2D eigenvalue weighted by molar-refractivity contribution is -0.120. The zero-order valence-electron chi connectivity index (χ0n) is 18.9. The summed E-state index contributed by atoms with van der Waals surface area (Å²) in [5, 5.41) is 6.43. The number of aromatic nitrogens is 2. The molecule has 0 spiro atoms. The van der Waals surface area contributed by atoms with Crippen molar-refractivity contribution in [3.8, 4) is 11.3 Å². The van der Waals surface area contributed by atoms with Crippen molar-refractivity contribution in [2.45, 2.75) is 12.8 Å². The fraction of sp³-hybridized carbons (Fsp3) is 0.179. The zero-order valence-corrected chi connectivity index (χ0v) is 18.9. The maximum Gasteiger partial charge on any atom is 0.227 e. The third-order valence-electron chi connectivity index (χ3n) is 6.13. The number of hydrogen-bond donors (Lipinski definition) is 2. The lowest BCUT2D eigenvalue weighted by Crippen LogP contribution is -2.38. The molecule has 0 unspecified atom stereocenters. The van der Waals surface area contributed by atoms with Crippen molar-refractivity contribution in [1.82, 2.24) is 9.97 Å². The normalized spacial score (nSPS) is 13.9. The van der Waals surface area contributed by atoms with Gasteiger partial charge in [0, 0.05) is 47.7 Å². The molecular formula is C28H27N5O. The van der Waals surface area contributed by atoms with Gasteiger partial charge < -0.3 is 15.5 Å². The van der Waals surface area contributed by atoms with E-state index in [9.17, 15) is 4.79 Å². The summed E-state index contributed by atoms with van der Waals surface area (Å²) in [5.74, 6) is 0.985. The van der Waals surface area contributed by atoms with Gasteiger partial charge in [0.1, 0.15) is 12.1 Å². The van der Waals surface area contributed by atoms with Gasteiger partial charge in [-0.15, -0.1) is 0 Å². The van der Waals surface area contributed by atoms with Gasteiger partial charge >= 0.3 is 0 Å². The molecule has 34 heavy (non-hydrogen) atoms. The molecule has 1 amide bonds. The summed E-state index contributed by atoms with van der Waals surface area (Å²) in [6.45, 7) is 1.59. The molecule has 1 saturated heterocycles. The molecule has 4 aromatic rings. The van der Waals surface area contributed by atoms with Crippen LogP contribution < -0.4 is 15.5 Å². The molecule has 0 radical (unpaired) electrons. The molecule has 2 N–H and O–H groups in total. The standard InChI is InChI=1S/C28H27N5O/c34-28(32-25-13-11-24(12-14-25)31-23-9-5-2-6-10-23)22-15-17-33(18-16-22)27-19-26(29-20-30-27)21-7-3-1-4-8-21/h1-14,19-20,22,31H,15-18H2,(H,32,34). The van der Waals surface area contributed by atoms with E-state index in [0.29, 0.717) is 0 Å². The minimum Gasteiger partial charge on any atom is -0.356 e. The van der Waals surface area contributed by atoms with E-state index in [1.165, 1.54) is 0 Å². The van der Waals surface area contributed by atoms with Crippen LogP contribution in [0.3, 0.4) is 0 Å². The Morgan fingerprint density at radius 3 is 2.09 bits per heavy atom. The molecule has 1 aliphatic heterocycles. The molecule has 0 aliphatic carbocycles. The number of carbonyl (C=O) groups is 1. The van der Waals surface area contributed by atoms with Crippen LogP contribution in [0.1, 0.15) is 12.8 Å². The molecule has 1 aliphatic rings. The minimum absolute atomic E-state index is 0.00574. The summed E-state index contributed by atoms with van der Waals surface area (Å²) in [6.07, 6.45) is 3.21. The first-order valence-electron chi connectivity index (χ1n) is 11.6. The SMILES string of the molecule is O=C(Nc1ccc(Nc2ccccc2)cc1)C1CCN(c2cc(-c3ccccc3)ncn2)CC1. The zero-order chi connectivity index (χ0) is 23.2. The van der Waals surface area contributed by atoms with Crippen LogP contribution in [0.5, 0.6) is 0 Å². The number of benzene rings is 3. The number of rotatable bonds is 6. The molecule has 2 heterocycles. The molecule has 0 bridgehead atoms. The van der Waals surface area contributed by atoms with Crippen molar-refractivity contribution in [3.63, 3.8) is 0 Å². The first-order chi connectivity index (χ1) is 16.7. The molecule has 0 atom stereocenters. The van der Waals surface area contributed by atoms with Crippen LogP contribution >= 0.6 is 0 Å². The fourth-order valence-electron chi connectivity index (χ4n) is 4.23. The highest BCUT2D eigenvalue weighted by atomic mass is 16.1. The Morgan fingerprint density at radius 2 is 1.38 bits per heavy atom. The number of amides is 1. The summed E-state index contributed by atoms with van der Waals surface area (Å²) in [7, 11) is 0. The van der Waals surface area contributed by atoms with Crippen LogP contribution in [0.15, 0.2) is 97.3 Å². The number of para-hydroxylation sites is 1. The third-order valence-corrected chi connectivity index (χ3v) is 6.13. The molecule has 170 valence electrons. The van der Waals surface area contributed by atoms with Gasteiger partial charge in [0.05, 0.1) is 5.69 Å². The maximum absolute atomic E-state index is 12.9. The van der Waals surface area contributed by atoms with Crippen molar-refractivity contribution in [2.75, 3.05) is 28.6 Å². The number of anilines is 4. The van der Waals surface area contributed by atoms with Gasteiger partial charge in [0.2, 0.25) is 5.91 Å². The highest BCUT2D eigenvalue weighted by Gasteiger charge is 2.26. The highest BCUT2D eigenvalue weighted by molar-refractivity contribution is 5.93. The fourth-order valence-corrected chi connectivity index (χ4v) is 4.23. The molecule has 1 aromatic heterocycles. The smallest absolute Gasteiger partial charge is 0.227 e. The van der Waals surface area contributed by atoms with Crippen molar-refractivity contribution < 1.29 is 4.79 Å². The third kappa shape index (κ3) is 5.23. The maximum atomic E-state index is 12.9. The summed E-state index contributed by atoms with van der Waals surface area (Å²) in [5.41, 5.74) is 4.82. The van der Waals surface area contributed by atoms with E-state index in [1.54, 1.807) is 6.33 Å². The van der Waals surface area contributed by atoms with Gasteiger partial charge in [-0.2, -0.15) is 0 Å². The number of hydrogen-bond acceptors (Lipinski definition) is 5. The minimum atomic E-state index is -0.00574. The van der Waals surface area contributed by atoms with E-state index in [0.717, 1.165) is 60.1 Å². The Balaban J connectivity index is 1.15. The van der Waals surface area contributed by atoms with Crippen LogP contribution in [0.4, 0.5) is 22.9 Å². The Labute approximate surface area is 199 Å². The molecule has 0 saturated carbocycles.